The molecule has 26 heavy (non-hydrogen) atoms. The Morgan fingerprint density at radius 3 is 2.50 bits per heavy atom. The zero-order valence-corrected chi connectivity index (χ0v) is 15.0. The highest BCUT2D eigenvalue weighted by molar-refractivity contribution is 7.96. The van der Waals surface area contributed by atoms with Crippen LogP contribution in [0.4, 0.5) is 10.1 Å². The first-order chi connectivity index (χ1) is 12.4. The van der Waals surface area contributed by atoms with E-state index in [0.717, 1.165) is 12.1 Å². The number of nitriles is 1. The Bertz CT molecular complexity index is 948. The van der Waals surface area contributed by atoms with Gasteiger partial charge in [-0.25, -0.2) is 12.8 Å². The highest BCUT2D eigenvalue weighted by atomic mass is 32.2. The van der Waals surface area contributed by atoms with Crippen LogP contribution in [0.2, 0.25) is 0 Å². The number of hydrogen-bond donors (Lipinski definition) is 1. The van der Waals surface area contributed by atoms with Crippen molar-refractivity contribution in [1.82, 2.24) is 0 Å². The van der Waals surface area contributed by atoms with Crippen molar-refractivity contribution >= 4 is 21.8 Å². The summed E-state index contributed by atoms with van der Waals surface area (Å²) in [5, 5.41) is 9.26. The minimum absolute atomic E-state index is 0.150. The lowest BCUT2D eigenvalue weighted by Crippen LogP contribution is -2.14. The van der Waals surface area contributed by atoms with E-state index in [0.29, 0.717) is 23.7 Å². The van der Waals surface area contributed by atoms with Crippen LogP contribution in [0, 0.1) is 17.1 Å². The number of benzene rings is 2. The molecule has 0 spiro atoms. The van der Waals surface area contributed by atoms with Crippen molar-refractivity contribution in [1.29, 1.82) is 5.26 Å². The Hall–Kier alpha value is -3.05. The molecular formula is C18H17FN2O4S. The molecule has 0 radical (unpaired) electrons. The molecule has 0 aromatic heterocycles. The maximum Gasteiger partial charge on any atom is 0.272 e. The molecule has 2 aromatic rings. The second-order valence-electron chi connectivity index (χ2n) is 5.08. The third-order valence-corrected chi connectivity index (χ3v) is 4.57. The van der Waals surface area contributed by atoms with Crippen molar-refractivity contribution in [3.8, 4) is 17.6 Å². The number of anilines is 1. The van der Waals surface area contributed by atoms with E-state index in [-0.39, 0.29) is 5.69 Å². The van der Waals surface area contributed by atoms with E-state index in [2.05, 4.69) is 4.72 Å². The average Bonchev–Trinajstić information content (AvgIpc) is 2.62. The molecule has 0 aliphatic heterocycles. The Morgan fingerprint density at radius 2 is 1.92 bits per heavy atom. The highest BCUT2D eigenvalue weighted by Crippen LogP contribution is 2.29. The van der Waals surface area contributed by atoms with Gasteiger partial charge >= 0.3 is 0 Å². The Balaban J connectivity index is 2.34. The minimum Gasteiger partial charge on any atom is -0.493 e. The summed E-state index contributed by atoms with van der Waals surface area (Å²) < 4.78 is 50.6. The summed E-state index contributed by atoms with van der Waals surface area (Å²) >= 11 is 0. The van der Waals surface area contributed by atoms with Crippen LogP contribution in [0.5, 0.6) is 11.5 Å². The number of rotatable bonds is 7. The summed E-state index contributed by atoms with van der Waals surface area (Å²) in [6.45, 7) is 2.28. The number of methoxy groups -OCH3 is 1. The second kappa shape index (κ2) is 8.36. The monoisotopic (exact) mass is 376 g/mol. The van der Waals surface area contributed by atoms with Gasteiger partial charge in [0.15, 0.2) is 16.4 Å². The fourth-order valence-electron chi connectivity index (χ4n) is 2.10. The lowest BCUT2D eigenvalue weighted by atomic mass is 10.2. The fraction of sp³-hybridized carbons (Fsp3) is 0.167. The third-order valence-electron chi connectivity index (χ3n) is 3.28. The summed E-state index contributed by atoms with van der Waals surface area (Å²) in [5.74, 6) is 0.435. The molecule has 136 valence electrons. The Morgan fingerprint density at radius 1 is 1.23 bits per heavy atom. The van der Waals surface area contributed by atoms with Gasteiger partial charge in [0.05, 0.1) is 13.7 Å². The molecule has 0 heterocycles. The smallest absolute Gasteiger partial charge is 0.272 e. The van der Waals surface area contributed by atoms with Crippen molar-refractivity contribution in [2.75, 3.05) is 18.4 Å². The zero-order valence-electron chi connectivity index (χ0n) is 14.2. The maximum absolute atomic E-state index is 12.9. The number of allylic oxidation sites excluding steroid dienone is 1. The first-order valence-corrected chi connectivity index (χ1v) is 9.09. The van der Waals surface area contributed by atoms with E-state index in [1.54, 1.807) is 24.3 Å². The molecule has 0 aliphatic rings. The van der Waals surface area contributed by atoms with E-state index < -0.39 is 20.7 Å². The van der Waals surface area contributed by atoms with Crippen LogP contribution < -0.4 is 14.2 Å². The van der Waals surface area contributed by atoms with Gasteiger partial charge in [0.2, 0.25) is 0 Å². The number of ether oxygens (including phenoxy) is 2. The van der Waals surface area contributed by atoms with Crippen LogP contribution in [-0.2, 0) is 10.0 Å². The van der Waals surface area contributed by atoms with Crippen LogP contribution >= 0.6 is 0 Å². The molecule has 0 amide bonds. The van der Waals surface area contributed by atoms with Gasteiger partial charge in [-0.05, 0) is 55.0 Å². The summed E-state index contributed by atoms with van der Waals surface area (Å²) in [6.07, 6.45) is 1.21. The molecule has 0 atom stereocenters. The second-order valence-corrected chi connectivity index (χ2v) is 6.73. The van der Waals surface area contributed by atoms with Gasteiger partial charge in [-0.3, -0.25) is 4.72 Å². The van der Waals surface area contributed by atoms with Crippen LogP contribution in [0.1, 0.15) is 12.5 Å². The van der Waals surface area contributed by atoms with Gasteiger partial charge < -0.3 is 9.47 Å². The summed E-state index contributed by atoms with van der Waals surface area (Å²) in [5.41, 5.74) is 0.600. The highest BCUT2D eigenvalue weighted by Gasteiger charge is 2.18. The van der Waals surface area contributed by atoms with Crippen LogP contribution in [0.25, 0.3) is 6.08 Å². The van der Waals surface area contributed by atoms with Crippen molar-refractivity contribution < 1.29 is 22.3 Å². The molecule has 1 N–H and O–H groups in total. The lowest BCUT2D eigenvalue weighted by molar-refractivity contribution is 0.311. The minimum atomic E-state index is -4.12. The van der Waals surface area contributed by atoms with Crippen LogP contribution in [0.3, 0.4) is 0 Å². The molecule has 8 heteroatoms. The number of nitrogens with one attached hydrogen (secondary N) is 1. The topological polar surface area (TPSA) is 88.4 Å². The first kappa shape index (κ1) is 19.3. The normalized spacial score (nSPS) is 11.5. The van der Waals surface area contributed by atoms with E-state index in [4.69, 9.17) is 9.47 Å². The van der Waals surface area contributed by atoms with Gasteiger partial charge in [0, 0.05) is 5.69 Å². The number of nitrogens with zero attached hydrogens (tertiary/aromatic N) is 1. The standard InChI is InChI=1S/C18H17FN2O4S/c1-3-25-17-9-4-13(11-18(17)24-2)10-16(12-20)26(22,23)21-15-7-5-14(19)6-8-15/h4-11,21H,3H2,1-2H3/b16-10+. The van der Waals surface area contributed by atoms with Gasteiger partial charge in [0.1, 0.15) is 11.9 Å². The van der Waals surface area contributed by atoms with Gasteiger partial charge in [0.25, 0.3) is 10.0 Å². The molecule has 0 saturated heterocycles. The van der Waals surface area contributed by atoms with Gasteiger partial charge in [-0.2, -0.15) is 5.26 Å². The maximum atomic E-state index is 12.9. The van der Waals surface area contributed by atoms with E-state index >= 15 is 0 Å². The van der Waals surface area contributed by atoms with Crippen molar-refractivity contribution in [3.63, 3.8) is 0 Å². The SMILES string of the molecule is CCOc1ccc(/C=C(\C#N)S(=O)(=O)Nc2ccc(F)cc2)cc1OC. The van der Waals surface area contributed by atoms with Gasteiger partial charge in [-0.1, -0.05) is 6.07 Å². The summed E-state index contributed by atoms with van der Waals surface area (Å²) in [6, 6.07) is 11.2. The molecule has 0 saturated carbocycles. The molecule has 2 aromatic carbocycles. The van der Waals surface area contributed by atoms with Crippen LogP contribution in [0.15, 0.2) is 47.4 Å². The molecule has 0 unspecified atom stereocenters. The van der Waals surface area contributed by atoms with Crippen molar-refractivity contribution in [2.45, 2.75) is 6.92 Å². The Labute approximate surface area is 151 Å². The quantitative estimate of drug-likeness (QED) is 0.747. The largest absolute Gasteiger partial charge is 0.493 e. The van der Waals surface area contributed by atoms with E-state index in [9.17, 15) is 18.1 Å². The van der Waals surface area contributed by atoms with Crippen LogP contribution in [-0.4, -0.2) is 22.1 Å². The summed E-state index contributed by atoms with van der Waals surface area (Å²) in [7, 11) is -2.66. The van der Waals surface area contributed by atoms with Crippen molar-refractivity contribution in [2.24, 2.45) is 0 Å². The van der Waals surface area contributed by atoms with E-state index in [1.807, 2.05) is 6.92 Å². The molecule has 0 fully saturated rings. The molecule has 2 rings (SSSR count). The molecule has 6 nitrogen and oxygen atoms in total. The van der Waals surface area contributed by atoms with Crippen molar-refractivity contribution in [3.05, 3.63) is 58.8 Å². The molecule has 0 aliphatic carbocycles. The number of halogens is 1. The van der Waals surface area contributed by atoms with Gasteiger partial charge in [-0.15, -0.1) is 0 Å². The first-order valence-electron chi connectivity index (χ1n) is 7.60. The Kier molecular flexibility index (Phi) is 6.20. The predicted molar refractivity (Wildman–Crippen MR) is 96.7 cm³/mol. The average molecular weight is 376 g/mol. The predicted octanol–water partition coefficient (Wildman–Crippen LogP) is 3.54. The number of hydrogen-bond acceptors (Lipinski definition) is 5. The molecular weight excluding hydrogens is 359 g/mol. The summed E-state index contributed by atoms with van der Waals surface area (Å²) in [4.78, 5) is -0.493. The fourth-order valence-corrected chi connectivity index (χ4v) is 3.07. The third kappa shape index (κ3) is 4.74. The zero-order chi connectivity index (χ0) is 19.2. The number of sulfonamides is 1. The molecule has 0 bridgehead atoms. The lowest BCUT2D eigenvalue weighted by Gasteiger charge is -2.10. The van der Waals surface area contributed by atoms with E-state index in [1.165, 1.54) is 25.3 Å².